The van der Waals surface area contributed by atoms with Crippen LogP contribution in [0.5, 0.6) is 0 Å². The van der Waals surface area contributed by atoms with Crippen LogP contribution in [-0.4, -0.2) is 52.0 Å². The molecule has 27 heavy (non-hydrogen) atoms. The van der Waals surface area contributed by atoms with Gasteiger partial charge in [0.05, 0.1) is 12.2 Å². The van der Waals surface area contributed by atoms with E-state index in [-0.39, 0.29) is 6.42 Å². The zero-order valence-corrected chi connectivity index (χ0v) is 15.0. The third kappa shape index (κ3) is 2.86. The van der Waals surface area contributed by atoms with Gasteiger partial charge in [-0.1, -0.05) is 0 Å². The zero-order chi connectivity index (χ0) is 18.6. The molecule has 0 aromatic carbocycles. The summed E-state index contributed by atoms with van der Waals surface area (Å²) >= 11 is 0. The molecule has 0 bridgehead atoms. The molecule has 2 aliphatic heterocycles. The summed E-state index contributed by atoms with van der Waals surface area (Å²) in [6.45, 7) is 1.43. The molecule has 146 valence electrons. The number of rotatable bonds is 2. The molecule has 0 radical (unpaired) electrons. The van der Waals surface area contributed by atoms with E-state index >= 15 is 0 Å². The number of halogens is 3. The monoisotopic (exact) mass is 381 g/mol. The minimum atomic E-state index is -4.18. The molecular weight excluding hydrogens is 359 g/mol. The molecule has 0 amide bonds. The van der Waals surface area contributed by atoms with Crippen LogP contribution in [0.1, 0.15) is 38.1 Å². The molecule has 3 aliphatic rings. The molecule has 5 rings (SSSR count). The highest BCUT2D eigenvalue weighted by Crippen LogP contribution is 2.51. The maximum atomic E-state index is 13.8. The number of imidazole rings is 1. The molecule has 4 heterocycles. The van der Waals surface area contributed by atoms with E-state index in [1.54, 1.807) is 6.33 Å². The number of aromatic nitrogens is 4. The second-order valence-corrected chi connectivity index (χ2v) is 8.03. The Balaban J connectivity index is 1.50. The van der Waals surface area contributed by atoms with E-state index < -0.39 is 17.5 Å². The van der Waals surface area contributed by atoms with Gasteiger partial charge >= 0.3 is 6.18 Å². The Morgan fingerprint density at radius 2 is 1.85 bits per heavy atom. The molecule has 0 unspecified atom stereocenters. The van der Waals surface area contributed by atoms with Crippen LogP contribution in [0.25, 0.3) is 11.2 Å². The van der Waals surface area contributed by atoms with Crippen LogP contribution in [0.2, 0.25) is 0 Å². The van der Waals surface area contributed by atoms with Crippen molar-refractivity contribution in [3.8, 4) is 0 Å². The number of hydrogen-bond donors (Lipinski definition) is 0. The third-order valence-electron chi connectivity index (χ3n) is 6.40. The van der Waals surface area contributed by atoms with E-state index in [1.165, 1.54) is 6.33 Å². The number of fused-ring (bicyclic) bond motifs is 1. The predicted molar refractivity (Wildman–Crippen MR) is 92.5 cm³/mol. The van der Waals surface area contributed by atoms with Gasteiger partial charge in [-0.3, -0.25) is 0 Å². The number of ether oxygens (including phenoxy) is 1. The van der Waals surface area contributed by atoms with Crippen LogP contribution < -0.4 is 4.90 Å². The highest BCUT2D eigenvalue weighted by molar-refractivity contribution is 5.83. The van der Waals surface area contributed by atoms with Gasteiger partial charge in [0.25, 0.3) is 0 Å². The summed E-state index contributed by atoms with van der Waals surface area (Å²) < 4.78 is 48.7. The van der Waals surface area contributed by atoms with Crippen LogP contribution in [0.4, 0.5) is 19.0 Å². The molecule has 9 heteroatoms. The third-order valence-corrected chi connectivity index (χ3v) is 6.40. The molecule has 1 saturated carbocycles. The Morgan fingerprint density at radius 1 is 1.07 bits per heavy atom. The Labute approximate surface area is 154 Å². The van der Waals surface area contributed by atoms with Crippen molar-refractivity contribution in [1.82, 2.24) is 19.5 Å². The SMILES string of the molecule is FC(F)(F)[C@H]1CCN(c2ncnc3c2ncn3C2CC2)CC12CCOCC2. The summed E-state index contributed by atoms with van der Waals surface area (Å²) in [7, 11) is 0. The molecule has 1 aliphatic carbocycles. The van der Waals surface area contributed by atoms with Crippen molar-refractivity contribution in [3.05, 3.63) is 12.7 Å². The van der Waals surface area contributed by atoms with Crippen LogP contribution in [-0.2, 0) is 4.74 Å². The van der Waals surface area contributed by atoms with Gasteiger partial charge in [-0.25, -0.2) is 15.0 Å². The maximum absolute atomic E-state index is 13.8. The van der Waals surface area contributed by atoms with Crippen molar-refractivity contribution in [2.24, 2.45) is 11.3 Å². The average molecular weight is 381 g/mol. The van der Waals surface area contributed by atoms with Gasteiger partial charge in [-0.05, 0) is 32.1 Å². The molecule has 2 aromatic rings. The molecule has 0 N–H and O–H groups in total. The summed E-state index contributed by atoms with van der Waals surface area (Å²) in [6.07, 6.45) is 2.28. The van der Waals surface area contributed by atoms with E-state index in [2.05, 4.69) is 19.5 Å². The van der Waals surface area contributed by atoms with Crippen LogP contribution in [0.15, 0.2) is 12.7 Å². The first-order chi connectivity index (χ1) is 13.0. The summed E-state index contributed by atoms with van der Waals surface area (Å²) in [5, 5.41) is 0. The number of alkyl halides is 3. The Kier molecular flexibility index (Phi) is 3.86. The first-order valence-corrected chi connectivity index (χ1v) is 9.55. The average Bonchev–Trinajstić information content (AvgIpc) is 3.39. The van der Waals surface area contributed by atoms with Gasteiger partial charge in [-0.2, -0.15) is 13.2 Å². The lowest BCUT2D eigenvalue weighted by Gasteiger charge is -2.50. The Bertz CT molecular complexity index is 841. The molecule has 1 spiro atoms. The van der Waals surface area contributed by atoms with Crippen molar-refractivity contribution in [3.63, 3.8) is 0 Å². The van der Waals surface area contributed by atoms with Crippen LogP contribution in [0.3, 0.4) is 0 Å². The van der Waals surface area contributed by atoms with E-state index in [0.717, 1.165) is 18.5 Å². The molecular formula is C18H22F3N5O. The van der Waals surface area contributed by atoms with E-state index in [9.17, 15) is 13.2 Å². The molecule has 1 atom stereocenters. The number of anilines is 1. The molecule has 2 aromatic heterocycles. The Hall–Kier alpha value is -1.90. The number of piperidine rings is 1. The van der Waals surface area contributed by atoms with Crippen molar-refractivity contribution >= 4 is 17.0 Å². The van der Waals surface area contributed by atoms with Gasteiger partial charge in [-0.15, -0.1) is 0 Å². The highest BCUT2D eigenvalue weighted by Gasteiger charge is 2.56. The fourth-order valence-corrected chi connectivity index (χ4v) is 4.83. The summed E-state index contributed by atoms with van der Waals surface area (Å²) in [5.74, 6) is -0.627. The molecule has 6 nitrogen and oxygen atoms in total. The standard InChI is InChI=1S/C18H22F3N5O/c19-18(20,21)13-3-6-25(9-17(13)4-7-27-8-5-17)15-14-16(23-10-22-15)26(11-24-14)12-1-2-12/h10-13H,1-9H2/t13-/m0/s1. The van der Waals surface area contributed by atoms with E-state index in [4.69, 9.17) is 4.74 Å². The van der Waals surface area contributed by atoms with Gasteiger partial charge in [0.1, 0.15) is 6.33 Å². The quantitative estimate of drug-likeness (QED) is 0.799. The lowest BCUT2D eigenvalue weighted by Crippen LogP contribution is -2.55. The smallest absolute Gasteiger partial charge is 0.381 e. The van der Waals surface area contributed by atoms with Crippen LogP contribution in [0, 0.1) is 11.3 Å². The first-order valence-electron chi connectivity index (χ1n) is 9.55. The normalized spacial score (nSPS) is 26.0. The first kappa shape index (κ1) is 17.2. The van der Waals surface area contributed by atoms with Crippen molar-refractivity contribution in [2.75, 3.05) is 31.2 Å². The van der Waals surface area contributed by atoms with Gasteiger partial charge in [0.2, 0.25) is 0 Å². The number of hydrogen-bond acceptors (Lipinski definition) is 5. The lowest BCUT2D eigenvalue weighted by atomic mass is 9.65. The lowest BCUT2D eigenvalue weighted by molar-refractivity contribution is -0.223. The van der Waals surface area contributed by atoms with Crippen molar-refractivity contribution < 1.29 is 17.9 Å². The summed E-state index contributed by atoms with van der Waals surface area (Å²) in [4.78, 5) is 15.3. The highest BCUT2D eigenvalue weighted by atomic mass is 19.4. The second-order valence-electron chi connectivity index (χ2n) is 8.03. The van der Waals surface area contributed by atoms with Crippen molar-refractivity contribution in [2.45, 2.75) is 44.3 Å². The number of nitrogens with zero attached hydrogens (tertiary/aromatic N) is 5. The fraction of sp³-hybridized carbons (Fsp3) is 0.722. The van der Waals surface area contributed by atoms with Gasteiger partial charge in [0, 0.05) is 37.8 Å². The Morgan fingerprint density at radius 3 is 2.56 bits per heavy atom. The zero-order valence-electron chi connectivity index (χ0n) is 15.0. The summed E-state index contributed by atoms with van der Waals surface area (Å²) in [6, 6.07) is 0.440. The molecule has 3 fully saturated rings. The van der Waals surface area contributed by atoms with Crippen molar-refractivity contribution in [1.29, 1.82) is 0 Å². The fourth-order valence-electron chi connectivity index (χ4n) is 4.83. The predicted octanol–water partition coefficient (Wildman–Crippen LogP) is 3.35. The van der Waals surface area contributed by atoms with E-state index in [1.807, 2.05) is 4.90 Å². The minimum absolute atomic E-state index is 0.0817. The molecule has 2 saturated heterocycles. The van der Waals surface area contributed by atoms with Gasteiger partial charge in [0.15, 0.2) is 17.0 Å². The maximum Gasteiger partial charge on any atom is 0.392 e. The largest absolute Gasteiger partial charge is 0.392 e. The van der Waals surface area contributed by atoms with Crippen LogP contribution >= 0.6 is 0 Å². The second kappa shape index (κ2) is 6.05. The topological polar surface area (TPSA) is 56.1 Å². The van der Waals surface area contributed by atoms with Gasteiger partial charge < -0.3 is 14.2 Å². The summed E-state index contributed by atoms with van der Waals surface area (Å²) in [5.41, 5.74) is 0.656. The van der Waals surface area contributed by atoms with E-state index in [0.29, 0.717) is 56.5 Å². The minimum Gasteiger partial charge on any atom is -0.381 e.